The number of benzene rings is 2. The monoisotopic (exact) mass is 470 g/mol. The molecule has 3 rings (SSSR count). The molecule has 0 radical (unpaired) electrons. The Balaban J connectivity index is 1.87. The van der Waals surface area contributed by atoms with Crippen LogP contribution in [0.25, 0.3) is 0 Å². The van der Waals surface area contributed by atoms with Gasteiger partial charge in [-0.15, -0.1) is 0 Å². The first-order valence-corrected chi connectivity index (χ1v) is 13.0. The largest absolute Gasteiger partial charge is 0.243 e. The average Bonchev–Trinajstić information content (AvgIpc) is 2.71. The zero-order valence-corrected chi connectivity index (χ0v) is 20.2. The average molecular weight is 471 g/mol. The summed E-state index contributed by atoms with van der Waals surface area (Å²) in [5.74, 6) is 0. The molecule has 0 spiro atoms. The van der Waals surface area contributed by atoms with E-state index >= 15 is 0 Å². The van der Waals surface area contributed by atoms with Crippen LogP contribution in [0.4, 0.5) is 0 Å². The van der Waals surface area contributed by atoms with Crippen LogP contribution in [-0.2, 0) is 20.0 Å². The van der Waals surface area contributed by atoms with E-state index in [0.717, 1.165) is 27.8 Å². The summed E-state index contributed by atoms with van der Waals surface area (Å²) < 4.78 is 55.4. The third-order valence-corrected chi connectivity index (χ3v) is 10.5. The van der Waals surface area contributed by atoms with E-state index in [0.29, 0.717) is 9.92 Å². The maximum Gasteiger partial charge on any atom is 0.243 e. The van der Waals surface area contributed by atoms with Gasteiger partial charge in [-0.25, -0.2) is 16.8 Å². The van der Waals surface area contributed by atoms with Gasteiger partial charge in [0.1, 0.15) is 0 Å². The van der Waals surface area contributed by atoms with Gasteiger partial charge in [0.25, 0.3) is 0 Å². The van der Waals surface area contributed by atoms with E-state index in [1.807, 2.05) is 34.6 Å². The highest BCUT2D eigenvalue weighted by molar-refractivity contribution is 7.89. The van der Waals surface area contributed by atoms with Gasteiger partial charge in [-0.05, 0) is 86.7 Å². The summed E-state index contributed by atoms with van der Waals surface area (Å²) in [5, 5.41) is 0.458. The summed E-state index contributed by atoms with van der Waals surface area (Å²) >= 11 is 5.85. The Morgan fingerprint density at radius 1 is 0.633 bits per heavy atom. The molecule has 30 heavy (non-hydrogen) atoms. The fourth-order valence-electron chi connectivity index (χ4n) is 3.89. The topological polar surface area (TPSA) is 74.8 Å². The second kappa shape index (κ2) is 8.24. The lowest BCUT2D eigenvalue weighted by Crippen LogP contribution is -2.50. The smallest absolute Gasteiger partial charge is 0.207 e. The molecule has 6 nitrogen and oxygen atoms in total. The van der Waals surface area contributed by atoms with Crippen LogP contribution < -0.4 is 0 Å². The Bertz CT molecular complexity index is 1150. The lowest BCUT2D eigenvalue weighted by Gasteiger charge is -2.34. The van der Waals surface area contributed by atoms with E-state index in [-0.39, 0.29) is 31.1 Å². The molecule has 0 unspecified atom stereocenters. The van der Waals surface area contributed by atoms with Gasteiger partial charge < -0.3 is 0 Å². The molecule has 0 saturated carbocycles. The predicted molar refractivity (Wildman–Crippen MR) is 119 cm³/mol. The van der Waals surface area contributed by atoms with Gasteiger partial charge in [-0.3, -0.25) is 0 Å². The van der Waals surface area contributed by atoms with Crippen molar-refractivity contribution in [2.75, 3.05) is 26.2 Å². The van der Waals surface area contributed by atoms with Crippen molar-refractivity contribution in [1.82, 2.24) is 8.61 Å². The maximum absolute atomic E-state index is 13.5. The van der Waals surface area contributed by atoms with Crippen LogP contribution in [0.3, 0.4) is 0 Å². The molecule has 0 atom stereocenters. The number of hydrogen-bond acceptors (Lipinski definition) is 4. The first kappa shape index (κ1) is 23.2. The molecule has 1 saturated heterocycles. The van der Waals surface area contributed by atoms with E-state index < -0.39 is 20.0 Å². The molecular weight excluding hydrogens is 444 g/mol. The van der Waals surface area contributed by atoms with Crippen LogP contribution in [0, 0.1) is 34.6 Å². The van der Waals surface area contributed by atoms with Crippen LogP contribution in [0.2, 0.25) is 5.02 Å². The van der Waals surface area contributed by atoms with Crippen molar-refractivity contribution in [2.24, 2.45) is 0 Å². The highest BCUT2D eigenvalue weighted by Gasteiger charge is 2.35. The molecule has 164 valence electrons. The SMILES string of the molecule is Cc1c(C)c(C)c(S(=O)(=O)N2CCN(S(=O)(=O)c3ccc(Cl)cc3)CC2)c(C)c1C. The van der Waals surface area contributed by atoms with Gasteiger partial charge in [-0.1, -0.05) is 11.6 Å². The highest BCUT2D eigenvalue weighted by Crippen LogP contribution is 2.32. The lowest BCUT2D eigenvalue weighted by atomic mass is 9.95. The Morgan fingerprint density at radius 3 is 1.43 bits per heavy atom. The molecule has 2 aromatic carbocycles. The Hall–Kier alpha value is -1.45. The van der Waals surface area contributed by atoms with Gasteiger partial charge in [0.05, 0.1) is 9.79 Å². The molecule has 0 N–H and O–H groups in total. The van der Waals surface area contributed by atoms with E-state index in [2.05, 4.69) is 0 Å². The van der Waals surface area contributed by atoms with E-state index in [4.69, 9.17) is 11.6 Å². The molecule has 0 aliphatic carbocycles. The summed E-state index contributed by atoms with van der Waals surface area (Å²) in [7, 11) is -7.42. The van der Waals surface area contributed by atoms with Crippen molar-refractivity contribution in [2.45, 2.75) is 44.4 Å². The van der Waals surface area contributed by atoms with Crippen LogP contribution >= 0.6 is 11.6 Å². The molecule has 0 amide bonds. The minimum absolute atomic E-state index is 0.103. The van der Waals surface area contributed by atoms with Crippen LogP contribution in [-0.4, -0.2) is 51.6 Å². The normalized spacial score (nSPS) is 16.7. The minimum Gasteiger partial charge on any atom is -0.207 e. The van der Waals surface area contributed by atoms with Crippen LogP contribution in [0.1, 0.15) is 27.8 Å². The third kappa shape index (κ3) is 3.91. The van der Waals surface area contributed by atoms with Gasteiger partial charge in [0.2, 0.25) is 20.0 Å². The van der Waals surface area contributed by atoms with Crippen LogP contribution in [0.15, 0.2) is 34.1 Å². The molecule has 1 aliphatic rings. The fourth-order valence-corrected chi connectivity index (χ4v) is 7.42. The number of sulfonamides is 2. The fraction of sp³-hybridized carbons (Fsp3) is 0.429. The van der Waals surface area contributed by atoms with E-state index in [9.17, 15) is 16.8 Å². The number of piperazine rings is 1. The Labute approximate surface area is 184 Å². The summed E-state index contributed by atoms with van der Waals surface area (Å²) in [4.78, 5) is 0.497. The maximum atomic E-state index is 13.5. The number of rotatable bonds is 4. The molecule has 1 heterocycles. The van der Waals surface area contributed by atoms with Gasteiger partial charge in [0, 0.05) is 31.2 Å². The van der Waals surface area contributed by atoms with Crippen LogP contribution in [0.5, 0.6) is 0 Å². The van der Waals surface area contributed by atoms with Crippen molar-refractivity contribution in [3.8, 4) is 0 Å². The van der Waals surface area contributed by atoms with Gasteiger partial charge in [0.15, 0.2) is 0 Å². The molecule has 0 aromatic heterocycles. The Kier molecular flexibility index (Phi) is 6.38. The molecule has 1 fully saturated rings. The molecule has 0 bridgehead atoms. The molecule has 2 aromatic rings. The first-order valence-electron chi connectivity index (χ1n) is 9.72. The highest BCUT2D eigenvalue weighted by atomic mass is 35.5. The van der Waals surface area contributed by atoms with Crippen molar-refractivity contribution in [3.63, 3.8) is 0 Å². The molecular formula is C21H27ClN2O4S2. The number of nitrogens with zero attached hydrogens (tertiary/aromatic N) is 2. The first-order chi connectivity index (χ1) is 13.9. The van der Waals surface area contributed by atoms with Gasteiger partial charge >= 0.3 is 0 Å². The van der Waals surface area contributed by atoms with E-state index in [1.165, 1.54) is 32.9 Å². The zero-order chi connectivity index (χ0) is 22.4. The van der Waals surface area contributed by atoms with Crippen molar-refractivity contribution < 1.29 is 16.8 Å². The summed E-state index contributed by atoms with van der Waals surface area (Å²) in [5.41, 5.74) is 4.56. The van der Waals surface area contributed by atoms with Gasteiger partial charge in [-0.2, -0.15) is 8.61 Å². The Morgan fingerprint density at radius 2 is 1.00 bits per heavy atom. The second-order valence-corrected chi connectivity index (χ2v) is 12.0. The number of halogens is 1. The van der Waals surface area contributed by atoms with Crippen molar-refractivity contribution in [1.29, 1.82) is 0 Å². The second-order valence-electron chi connectivity index (χ2n) is 7.72. The third-order valence-electron chi connectivity index (χ3n) is 6.18. The molecule has 9 heteroatoms. The summed E-state index contributed by atoms with van der Waals surface area (Å²) in [6.07, 6.45) is 0. The minimum atomic E-state index is -3.73. The molecule has 1 aliphatic heterocycles. The zero-order valence-electron chi connectivity index (χ0n) is 17.9. The predicted octanol–water partition coefficient (Wildman–Crippen LogP) is 3.58. The number of hydrogen-bond donors (Lipinski definition) is 0. The van der Waals surface area contributed by atoms with Crippen molar-refractivity contribution >= 4 is 31.6 Å². The van der Waals surface area contributed by atoms with Crippen molar-refractivity contribution in [3.05, 3.63) is 57.1 Å². The quantitative estimate of drug-likeness (QED) is 0.684. The summed E-state index contributed by atoms with van der Waals surface area (Å²) in [6, 6.07) is 5.99. The van der Waals surface area contributed by atoms with E-state index in [1.54, 1.807) is 0 Å². The summed E-state index contributed by atoms with van der Waals surface area (Å²) in [6.45, 7) is 9.98. The standard InChI is InChI=1S/C21H27ClN2O4S2/c1-14-15(2)17(4)21(18(5)16(14)3)30(27,28)24-12-10-23(11-13-24)29(25,26)20-8-6-19(22)7-9-20/h6-9H,10-13H2,1-5H3. The lowest BCUT2D eigenvalue weighted by molar-refractivity contribution is 0.272.